The van der Waals surface area contributed by atoms with E-state index in [1.807, 2.05) is 38.1 Å². The number of carbonyl (C=O) groups is 2. The summed E-state index contributed by atoms with van der Waals surface area (Å²) < 4.78 is 0. The highest BCUT2D eigenvalue weighted by atomic mass is 16.3. The van der Waals surface area contributed by atoms with E-state index in [0.29, 0.717) is 25.9 Å². The maximum atomic E-state index is 12.3. The molecule has 7 nitrogen and oxygen atoms in total. The molecule has 2 unspecified atom stereocenters. The van der Waals surface area contributed by atoms with Gasteiger partial charge in [-0.1, -0.05) is 50.1 Å². The van der Waals surface area contributed by atoms with Crippen LogP contribution in [0.4, 0.5) is 0 Å². The molecule has 1 aromatic rings. The lowest BCUT2D eigenvalue weighted by Gasteiger charge is -2.18. The van der Waals surface area contributed by atoms with Crippen LogP contribution in [0.3, 0.4) is 0 Å². The smallest absolute Gasteiger partial charge is 0.242 e. The van der Waals surface area contributed by atoms with E-state index in [0.717, 1.165) is 31.5 Å². The molecule has 0 fully saturated rings. The zero-order valence-electron chi connectivity index (χ0n) is 18.8. The summed E-state index contributed by atoms with van der Waals surface area (Å²) in [6.45, 7) is 9.06. The summed E-state index contributed by atoms with van der Waals surface area (Å²) in [4.78, 5) is 24.4. The van der Waals surface area contributed by atoms with E-state index in [1.54, 1.807) is 0 Å². The fraction of sp³-hybridized carbons (Fsp3) is 0.652. The molecule has 0 spiro atoms. The summed E-state index contributed by atoms with van der Waals surface area (Å²) >= 11 is 0. The SMILES string of the molecule is CCCCNCCCNC(=O)C(CC)NC(=O)CCC(O)NCc1ccc(C)cc1. The normalized spacial score (nSPS) is 12.9. The van der Waals surface area contributed by atoms with Gasteiger partial charge in [-0.15, -0.1) is 0 Å². The molecule has 1 aromatic carbocycles. The predicted octanol–water partition coefficient (Wildman–Crippen LogP) is 1.97. The number of aryl methyl sites for hydroxylation is 1. The van der Waals surface area contributed by atoms with E-state index >= 15 is 0 Å². The van der Waals surface area contributed by atoms with Crippen molar-refractivity contribution in [3.8, 4) is 0 Å². The van der Waals surface area contributed by atoms with Crippen LogP contribution < -0.4 is 21.3 Å². The standard InChI is InChI=1S/C23H40N4O3/c1-4-6-14-24-15-7-16-25-23(30)20(5-2)27-22(29)13-12-21(28)26-17-19-10-8-18(3)9-11-19/h8-11,20-21,24,26,28H,4-7,12-17H2,1-3H3,(H,25,30)(H,27,29). The first-order valence-corrected chi connectivity index (χ1v) is 11.2. The zero-order valence-corrected chi connectivity index (χ0v) is 18.8. The number of carbonyl (C=O) groups excluding carboxylic acids is 2. The lowest BCUT2D eigenvalue weighted by molar-refractivity contribution is -0.129. The van der Waals surface area contributed by atoms with Crippen LogP contribution in [0.1, 0.15) is 63.5 Å². The molecule has 0 saturated carbocycles. The van der Waals surface area contributed by atoms with Gasteiger partial charge in [0, 0.05) is 19.5 Å². The second-order valence-corrected chi connectivity index (χ2v) is 7.70. The van der Waals surface area contributed by atoms with Crippen molar-refractivity contribution in [2.24, 2.45) is 0 Å². The number of benzene rings is 1. The van der Waals surface area contributed by atoms with Gasteiger partial charge in [0.05, 0.1) is 0 Å². The van der Waals surface area contributed by atoms with E-state index < -0.39 is 12.3 Å². The molecule has 170 valence electrons. The molecule has 0 heterocycles. The van der Waals surface area contributed by atoms with Gasteiger partial charge in [-0.05, 0) is 51.3 Å². The largest absolute Gasteiger partial charge is 0.379 e. The summed E-state index contributed by atoms with van der Waals surface area (Å²) in [7, 11) is 0. The third kappa shape index (κ3) is 11.9. The Balaban J connectivity index is 2.20. The van der Waals surface area contributed by atoms with Crippen molar-refractivity contribution in [3.63, 3.8) is 0 Å². The molecule has 0 aliphatic carbocycles. The second kappa shape index (κ2) is 15.8. The highest BCUT2D eigenvalue weighted by Gasteiger charge is 2.18. The predicted molar refractivity (Wildman–Crippen MR) is 121 cm³/mol. The van der Waals surface area contributed by atoms with Crippen molar-refractivity contribution in [2.75, 3.05) is 19.6 Å². The Hall–Kier alpha value is -1.96. The number of unbranched alkanes of at least 4 members (excludes halogenated alkanes) is 1. The van der Waals surface area contributed by atoms with Crippen LogP contribution in [0, 0.1) is 6.92 Å². The molecule has 0 aliphatic heterocycles. The van der Waals surface area contributed by atoms with E-state index in [-0.39, 0.29) is 18.2 Å². The van der Waals surface area contributed by atoms with Crippen LogP contribution in [-0.4, -0.2) is 48.8 Å². The van der Waals surface area contributed by atoms with Gasteiger partial charge in [0.15, 0.2) is 0 Å². The van der Waals surface area contributed by atoms with Gasteiger partial charge in [0.1, 0.15) is 12.3 Å². The maximum Gasteiger partial charge on any atom is 0.242 e. The molecule has 0 radical (unpaired) electrons. The van der Waals surface area contributed by atoms with Gasteiger partial charge in [-0.3, -0.25) is 14.9 Å². The van der Waals surface area contributed by atoms with Crippen LogP contribution in [0.5, 0.6) is 0 Å². The van der Waals surface area contributed by atoms with Crippen LogP contribution in [0.15, 0.2) is 24.3 Å². The van der Waals surface area contributed by atoms with Crippen LogP contribution in [0.2, 0.25) is 0 Å². The molecule has 0 bridgehead atoms. The molecule has 7 heteroatoms. The molecule has 1 rings (SSSR count). The summed E-state index contributed by atoms with van der Waals surface area (Å²) in [5.41, 5.74) is 2.27. The van der Waals surface area contributed by atoms with Crippen LogP contribution in [-0.2, 0) is 16.1 Å². The molecule has 0 aromatic heterocycles. The first-order valence-electron chi connectivity index (χ1n) is 11.2. The number of rotatable bonds is 16. The zero-order chi connectivity index (χ0) is 22.2. The minimum absolute atomic E-state index is 0.155. The van der Waals surface area contributed by atoms with Crippen molar-refractivity contribution in [1.82, 2.24) is 21.3 Å². The first-order chi connectivity index (χ1) is 14.5. The lowest BCUT2D eigenvalue weighted by Crippen LogP contribution is -2.47. The van der Waals surface area contributed by atoms with Crippen molar-refractivity contribution < 1.29 is 14.7 Å². The van der Waals surface area contributed by atoms with Gasteiger partial charge < -0.3 is 21.1 Å². The minimum atomic E-state index is -0.772. The maximum absolute atomic E-state index is 12.3. The monoisotopic (exact) mass is 420 g/mol. The topological polar surface area (TPSA) is 102 Å². The molecule has 0 saturated heterocycles. The van der Waals surface area contributed by atoms with Crippen molar-refractivity contribution in [1.29, 1.82) is 0 Å². The minimum Gasteiger partial charge on any atom is -0.379 e. The lowest BCUT2D eigenvalue weighted by atomic mass is 10.1. The van der Waals surface area contributed by atoms with Crippen molar-refractivity contribution >= 4 is 11.8 Å². The van der Waals surface area contributed by atoms with Crippen LogP contribution >= 0.6 is 0 Å². The Morgan fingerprint density at radius 2 is 1.73 bits per heavy atom. The number of hydrogen-bond acceptors (Lipinski definition) is 5. The summed E-state index contributed by atoms with van der Waals surface area (Å²) in [5, 5.41) is 22.0. The number of hydrogen-bond donors (Lipinski definition) is 5. The average Bonchev–Trinajstić information content (AvgIpc) is 2.74. The number of nitrogens with one attached hydrogen (secondary N) is 4. The highest BCUT2D eigenvalue weighted by molar-refractivity contribution is 5.87. The summed E-state index contributed by atoms with van der Waals surface area (Å²) in [6, 6.07) is 7.52. The highest BCUT2D eigenvalue weighted by Crippen LogP contribution is 2.04. The Labute approximate surface area is 181 Å². The molecule has 2 atom stereocenters. The first kappa shape index (κ1) is 26.1. The van der Waals surface area contributed by atoms with Gasteiger partial charge in [0.25, 0.3) is 0 Å². The Kier molecular flexibility index (Phi) is 13.8. The Bertz CT molecular complexity index is 607. The van der Waals surface area contributed by atoms with Gasteiger partial charge in [0.2, 0.25) is 11.8 Å². The fourth-order valence-electron chi connectivity index (χ4n) is 2.91. The average molecular weight is 421 g/mol. The quantitative estimate of drug-likeness (QED) is 0.208. The Morgan fingerprint density at radius 3 is 2.40 bits per heavy atom. The van der Waals surface area contributed by atoms with E-state index in [2.05, 4.69) is 28.2 Å². The van der Waals surface area contributed by atoms with Gasteiger partial charge >= 0.3 is 0 Å². The molecular weight excluding hydrogens is 380 g/mol. The third-order valence-corrected chi connectivity index (χ3v) is 4.90. The molecular formula is C23H40N4O3. The summed E-state index contributed by atoms with van der Waals surface area (Å²) in [6.07, 6.45) is 3.39. The van der Waals surface area contributed by atoms with E-state index in [1.165, 1.54) is 12.0 Å². The molecule has 2 amide bonds. The fourth-order valence-corrected chi connectivity index (χ4v) is 2.91. The second-order valence-electron chi connectivity index (χ2n) is 7.70. The van der Waals surface area contributed by atoms with Crippen LogP contribution in [0.25, 0.3) is 0 Å². The molecule has 30 heavy (non-hydrogen) atoms. The number of amides is 2. The molecule has 5 N–H and O–H groups in total. The summed E-state index contributed by atoms with van der Waals surface area (Å²) in [5.74, 6) is -0.383. The van der Waals surface area contributed by atoms with E-state index in [4.69, 9.17) is 0 Å². The van der Waals surface area contributed by atoms with E-state index in [9.17, 15) is 14.7 Å². The number of aliphatic hydroxyl groups excluding tert-OH is 1. The third-order valence-electron chi connectivity index (χ3n) is 4.90. The van der Waals surface area contributed by atoms with Gasteiger partial charge in [-0.2, -0.15) is 0 Å². The Morgan fingerprint density at radius 1 is 1.03 bits per heavy atom. The van der Waals surface area contributed by atoms with Crippen molar-refractivity contribution in [2.45, 2.75) is 78.1 Å². The molecule has 0 aliphatic rings. The number of aliphatic hydroxyl groups is 1. The van der Waals surface area contributed by atoms with Crippen molar-refractivity contribution in [3.05, 3.63) is 35.4 Å². The van der Waals surface area contributed by atoms with Gasteiger partial charge in [-0.25, -0.2) is 0 Å².